The van der Waals surface area contributed by atoms with Crippen LogP contribution in [0.1, 0.15) is 60.8 Å². The van der Waals surface area contributed by atoms with Gasteiger partial charge in [0.1, 0.15) is 0 Å². The van der Waals surface area contributed by atoms with Gasteiger partial charge in [-0.1, -0.05) is 20.8 Å². The van der Waals surface area contributed by atoms with E-state index in [0.717, 1.165) is 12.8 Å². The molecule has 0 amide bonds. The molecule has 0 saturated carbocycles. The fourth-order valence-electron chi connectivity index (χ4n) is 0.962. The number of hydrogen-bond acceptors (Lipinski definition) is 4. The van der Waals surface area contributed by atoms with Gasteiger partial charge in [0.2, 0.25) is 0 Å². The molecule has 0 aromatic heterocycles. The third-order valence-electron chi connectivity index (χ3n) is 1.72. The molecule has 0 aromatic rings. The molecule has 0 aliphatic rings. The molecule has 96 valence electrons. The highest BCUT2D eigenvalue weighted by atomic mass is 17.5. The number of hydrogen-bond donors (Lipinski definition) is 0. The molecule has 0 atom stereocenters. The Morgan fingerprint density at radius 2 is 1.62 bits per heavy atom. The lowest BCUT2D eigenvalue weighted by molar-refractivity contribution is -0.514. The van der Waals surface area contributed by atoms with Crippen LogP contribution in [-0.2, 0) is 19.6 Å². The van der Waals surface area contributed by atoms with E-state index in [1.807, 2.05) is 0 Å². The molecule has 0 N–H and O–H groups in total. The van der Waals surface area contributed by atoms with Crippen molar-refractivity contribution < 1.29 is 19.6 Å². The number of carbonyl (C=O) groups is 1. The molecule has 0 aromatic carbocycles. The molecule has 16 heavy (non-hydrogen) atoms. The monoisotopic (exact) mass is 232 g/mol. The molecule has 0 unspecified atom stereocenters. The zero-order chi connectivity index (χ0) is 12.8. The van der Waals surface area contributed by atoms with E-state index in [2.05, 4.69) is 30.7 Å². The van der Waals surface area contributed by atoms with Crippen LogP contribution in [0.2, 0.25) is 0 Å². The lowest BCUT2D eigenvalue weighted by Crippen LogP contribution is -2.20. The van der Waals surface area contributed by atoms with E-state index >= 15 is 0 Å². The Bertz CT molecular complexity index is 188. The summed E-state index contributed by atoms with van der Waals surface area (Å²) < 4.78 is 0. The summed E-state index contributed by atoms with van der Waals surface area (Å²) in [7, 11) is 0. The van der Waals surface area contributed by atoms with Crippen LogP contribution in [0.15, 0.2) is 0 Å². The zero-order valence-electron chi connectivity index (χ0n) is 11.3. The first-order chi connectivity index (χ1) is 7.10. The highest BCUT2D eigenvalue weighted by Gasteiger charge is 2.15. The van der Waals surface area contributed by atoms with Gasteiger partial charge in [0.15, 0.2) is 0 Å². The van der Waals surface area contributed by atoms with Crippen LogP contribution < -0.4 is 0 Å². The first-order valence-electron chi connectivity index (χ1n) is 5.65. The van der Waals surface area contributed by atoms with Crippen molar-refractivity contribution in [2.75, 3.05) is 0 Å². The largest absolute Gasteiger partial charge is 0.345 e. The second kappa shape index (κ2) is 6.21. The summed E-state index contributed by atoms with van der Waals surface area (Å²) >= 11 is 0. The highest BCUT2D eigenvalue weighted by Crippen LogP contribution is 2.21. The van der Waals surface area contributed by atoms with Crippen LogP contribution in [-0.4, -0.2) is 11.6 Å². The SMILES string of the molecule is CC(C)(C)CCCC(=O)OOOC(C)(C)C. The van der Waals surface area contributed by atoms with Crippen molar-refractivity contribution in [3.8, 4) is 0 Å². The molecule has 4 heteroatoms. The second-order valence-electron chi connectivity index (χ2n) is 6.13. The summed E-state index contributed by atoms with van der Waals surface area (Å²) in [4.78, 5) is 20.5. The molecule has 0 fully saturated rings. The van der Waals surface area contributed by atoms with Crippen molar-refractivity contribution in [3.63, 3.8) is 0 Å². The Hall–Kier alpha value is -0.610. The highest BCUT2D eigenvalue weighted by molar-refractivity contribution is 5.68. The third-order valence-corrected chi connectivity index (χ3v) is 1.72. The number of carbonyl (C=O) groups excluding carboxylic acids is 1. The van der Waals surface area contributed by atoms with E-state index in [9.17, 15) is 4.79 Å². The van der Waals surface area contributed by atoms with Crippen molar-refractivity contribution in [1.29, 1.82) is 0 Å². The maximum atomic E-state index is 11.2. The predicted molar refractivity (Wildman–Crippen MR) is 61.3 cm³/mol. The Morgan fingerprint density at radius 3 is 2.06 bits per heavy atom. The Kier molecular flexibility index (Phi) is 5.97. The minimum absolute atomic E-state index is 0.239. The molecule has 0 spiro atoms. The average molecular weight is 232 g/mol. The summed E-state index contributed by atoms with van der Waals surface area (Å²) in [5.74, 6) is -0.395. The minimum atomic E-state index is -0.480. The Labute approximate surface area is 98.1 Å². The molecule has 0 aliphatic carbocycles. The maximum absolute atomic E-state index is 11.2. The van der Waals surface area contributed by atoms with Gasteiger partial charge in [0, 0.05) is 6.42 Å². The van der Waals surface area contributed by atoms with Gasteiger partial charge in [-0.05, 0) is 44.1 Å². The fraction of sp³-hybridized carbons (Fsp3) is 0.917. The number of rotatable bonds is 5. The van der Waals surface area contributed by atoms with E-state index < -0.39 is 11.6 Å². The van der Waals surface area contributed by atoms with E-state index in [1.54, 1.807) is 20.8 Å². The predicted octanol–water partition coefficient (Wildman–Crippen LogP) is 3.41. The molecule has 0 bridgehead atoms. The molecule has 0 rings (SSSR count). The zero-order valence-corrected chi connectivity index (χ0v) is 11.3. The summed E-state index contributed by atoms with van der Waals surface area (Å²) in [6, 6.07) is 0. The van der Waals surface area contributed by atoms with E-state index in [1.165, 1.54) is 0 Å². The van der Waals surface area contributed by atoms with Crippen LogP contribution in [0, 0.1) is 5.41 Å². The Morgan fingerprint density at radius 1 is 1.06 bits per heavy atom. The van der Waals surface area contributed by atoms with Crippen LogP contribution in [0.25, 0.3) is 0 Å². The van der Waals surface area contributed by atoms with Crippen molar-refractivity contribution in [1.82, 2.24) is 0 Å². The summed E-state index contributed by atoms with van der Waals surface area (Å²) in [5, 5.41) is 4.39. The third kappa shape index (κ3) is 11.5. The molecule has 0 aliphatic heterocycles. The van der Waals surface area contributed by atoms with Crippen molar-refractivity contribution in [2.45, 2.75) is 66.4 Å². The van der Waals surface area contributed by atoms with E-state index in [4.69, 9.17) is 4.89 Å². The summed E-state index contributed by atoms with van der Waals surface area (Å²) in [5.41, 5.74) is -0.241. The van der Waals surface area contributed by atoms with Crippen LogP contribution >= 0.6 is 0 Å². The molecule has 0 radical (unpaired) electrons. The molecule has 0 saturated heterocycles. The minimum Gasteiger partial charge on any atom is -0.269 e. The van der Waals surface area contributed by atoms with Crippen molar-refractivity contribution in [2.24, 2.45) is 5.41 Å². The topological polar surface area (TPSA) is 44.8 Å². The Balaban J connectivity index is 3.53. The lowest BCUT2D eigenvalue weighted by Gasteiger charge is -2.17. The quantitative estimate of drug-likeness (QED) is 0.538. The van der Waals surface area contributed by atoms with Gasteiger partial charge in [-0.2, -0.15) is 4.89 Å². The van der Waals surface area contributed by atoms with Gasteiger partial charge in [-0.3, -0.25) is 4.89 Å². The summed E-state index contributed by atoms with van der Waals surface area (Å²) in [6.07, 6.45) is 2.12. The van der Waals surface area contributed by atoms with Gasteiger partial charge in [0.05, 0.1) is 5.60 Å². The molecule has 4 nitrogen and oxygen atoms in total. The fourth-order valence-corrected chi connectivity index (χ4v) is 0.962. The first kappa shape index (κ1) is 15.4. The lowest BCUT2D eigenvalue weighted by atomic mass is 9.90. The molecular formula is C12H24O4. The molecule has 0 heterocycles. The van der Waals surface area contributed by atoms with Crippen molar-refractivity contribution in [3.05, 3.63) is 0 Å². The van der Waals surface area contributed by atoms with E-state index in [0.29, 0.717) is 6.42 Å². The van der Waals surface area contributed by atoms with Gasteiger partial charge < -0.3 is 0 Å². The van der Waals surface area contributed by atoms with Gasteiger partial charge in [-0.25, -0.2) is 4.79 Å². The smallest absolute Gasteiger partial charge is 0.269 e. The first-order valence-corrected chi connectivity index (χ1v) is 5.65. The average Bonchev–Trinajstić information content (AvgIpc) is 1.98. The standard InChI is InChI=1S/C12H24O4/c1-11(2,3)9-7-8-10(13)14-16-15-12(4,5)6/h7-9H2,1-6H3. The van der Waals surface area contributed by atoms with Crippen LogP contribution in [0.5, 0.6) is 0 Å². The van der Waals surface area contributed by atoms with Gasteiger partial charge >= 0.3 is 5.97 Å². The normalized spacial score (nSPS) is 12.6. The van der Waals surface area contributed by atoms with E-state index in [-0.39, 0.29) is 5.41 Å². The van der Waals surface area contributed by atoms with Crippen molar-refractivity contribution >= 4 is 5.97 Å². The van der Waals surface area contributed by atoms with Gasteiger partial charge in [0.25, 0.3) is 0 Å². The van der Waals surface area contributed by atoms with Gasteiger partial charge in [-0.15, -0.1) is 0 Å². The van der Waals surface area contributed by atoms with Crippen LogP contribution in [0.4, 0.5) is 0 Å². The second-order valence-corrected chi connectivity index (χ2v) is 6.13. The summed E-state index contributed by atoms with van der Waals surface area (Å²) in [6.45, 7) is 11.8. The van der Waals surface area contributed by atoms with Crippen LogP contribution in [0.3, 0.4) is 0 Å². The molecular weight excluding hydrogens is 208 g/mol. The maximum Gasteiger partial charge on any atom is 0.345 e.